The van der Waals surface area contributed by atoms with E-state index in [9.17, 15) is 20.0 Å². The van der Waals surface area contributed by atoms with Gasteiger partial charge in [0.25, 0.3) is 5.56 Å². The number of carbonyl (C=O) groups is 1. The zero-order chi connectivity index (χ0) is 25.2. The van der Waals surface area contributed by atoms with E-state index in [-0.39, 0.29) is 17.4 Å². The third-order valence-corrected chi connectivity index (χ3v) is 7.81. The van der Waals surface area contributed by atoms with Gasteiger partial charge < -0.3 is 25.2 Å². The Labute approximate surface area is 212 Å². The van der Waals surface area contributed by atoms with Crippen LogP contribution in [0.15, 0.2) is 40.2 Å². The molecule has 3 aromatic heterocycles. The van der Waals surface area contributed by atoms with E-state index in [0.717, 1.165) is 22.7 Å². The Balaban J connectivity index is 1.19. The molecular formula is C25H27N7O3S. The van der Waals surface area contributed by atoms with Gasteiger partial charge in [0.2, 0.25) is 5.91 Å². The number of β-amino-alcohol motifs (C(OH)–C–C–N with tert-alkyl or cyclic N) is 1. The number of hydrogen-bond donors (Lipinski definition) is 3. The minimum atomic E-state index is -0.460. The fourth-order valence-electron chi connectivity index (χ4n) is 4.86. The molecule has 0 spiro atoms. The number of anilines is 1. The summed E-state index contributed by atoms with van der Waals surface area (Å²) in [4.78, 5) is 35.8. The standard InChI is InChI=1S/C25H27N7O3S/c1-31-23(35)5-3-19-24(31)18(15(8-26)10-28-19)6-7-32-12-16(20(33)13-32)9-27-11-17-2-4-21-25(29-17)30-22(34)14-36-21/h2-5,10,16,20,27,33H,6-7,9,11-14H2,1H3,(H,29,30,34)/t16-,20+/m0/s1. The van der Waals surface area contributed by atoms with E-state index in [1.54, 1.807) is 23.9 Å². The number of nitrogens with zero attached hydrogens (tertiary/aromatic N) is 5. The normalized spacial score (nSPS) is 19.8. The predicted octanol–water partition coefficient (Wildman–Crippen LogP) is 0.869. The fraction of sp³-hybridized carbons (Fsp3) is 0.400. The van der Waals surface area contributed by atoms with Gasteiger partial charge in [-0.15, -0.1) is 11.8 Å². The average molecular weight is 506 g/mol. The molecular weight excluding hydrogens is 478 g/mol. The molecule has 10 nitrogen and oxygen atoms in total. The summed E-state index contributed by atoms with van der Waals surface area (Å²) in [5.41, 5.74) is 3.34. The SMILES string of the molecule is Cn1c(=O)ccc2ncc(C#N)c(CCN3C[C@H](CNCc4ccc5c(n4)NC(=O)CS5)[C@H](O)C3)c21. The van der Waals surface area contributed by atoms with Crippen LogP contribution in [0.5, 0.6) is 0 Å². The van der Waals surface area contributed by atoms with Gasteiger partial charge in [-0.3, -0.25) is 14.6 Å². The van der Waals surface area contributed by atoms with Crippen LogP contribution in [-0.4, -0.2) is 68.5 Å². The number of aryl methyl sites for hydroxylation is 1. The molecule has 0 aromatic carbocycles. The molecule has 5 heterocycles. The highest BCUT2D eigenvalue weighted by Crippen LogP contribution is 2.29. The molecule has 1 fully saturated rings. The van der Waals surface area contributed by atoms with E-state index in [0.29, 0.717) is 60.8 Å². The van der Waals surface area contributed by atoms with Gasteiger partial charge in [-0.25, -0.2) is 4.98 Å². The highest BCUT2D eigenvalue weighted by Gasteiger charge is 2.31. The molecule has 5 rings (SSSR count). The monoisotopic (exact) mass is 505 g/mol. The number of nitrogens with one attached hydrogen (secondary N) is 2. The molecule has 186 valence electrons. The van der Waals surface area contributed by atoms with Crippen molar-refractivity contribution in [2.24, 2.45) is 13.0 Å². The van der Waals surface area contributed by atoms with Crippen LogP contribution in [0.3, 0.4) is 0 Å². The molecule has 0 unspecified atom stereocenters. The second-order valence-electron chi connectivity index (χ2n) is 9.18. The summed E-state index contributed by atoms with van der Waals surface area (Å²) in [5, 5.41) is 26.5. The lowest BCUT2D eigenvalue weighted by molar-refractivity contribution is -0.113. The van der Waals surface area contributed by atoms with E-state index in [1.807, 2.05) is 12.1 Å². The van der Waals surface area contributed by atoms with Crippen molar-refractivity contribution in [2.75, 3.05) is 37.2 Å². The van der Waals surface area contributed by atoms with Crippen LogP contribution < -0.4 is 16.2 Å². The number of pyridine rings is 3. The number of rotatable bonds is 7. The lowest BCUT2D eigenvalue weighted by atomic mass is 10.0. The van der Waals surface area contributed by atoms with Gasteiger partial charge in [0.05, 0.1) is 39.0 Å². The minimum absolute atomic E-state index is 0.0387. The third-order valence-electron chi connectivity index (χ3n) is 6.76. The lowest BCUT2D eigenvalue weighted by Crippen LogP contribution is -2.30. The van der Waals surface area contributed by atoms with Gasteiger partial charge in [0.15, 0.2) is 0 Å². The number of nitriles is 1. The van der Waals surface area contributed by atoms with Crippen LogP contribution in [0.4, 0.5) is 5.82 Å². The van der Waals surface area contributed by atoms with Crippen LogP contribution in [0.2, 0.25) is 0 Å². The number of aliphatic hydroxyl groups is 1. The predicted molar refractivity (Wildman–Crippen MR) is 137 cm³/mol. The topological polar surface area (TPSA) is 136 Å². The number of amides is 1. The van der Waals surface area contributed by atoms with Crippen LogP contribution in [0.25, 0.3) is 11.0 Å². The van der Waals surface area contributed by atoms with Gasteiger partial charge in [-0.05, 0) is 30.2 Å². The van der Waals surface area contributed by atoms with Crippen LogP contribution in [-0.2, 0) is 24.8 Å². The van der Waals surface area contributed by atoms with E-state index >= 15 is 0 Å². The highest BCUT2D eigenvalue weighted by molar-refractivity contribution is 8.00. The van der Waals surface area contributed by atoms with Crippen molar-refractivity contribution in [1.29, 1.82) is 5.26 Å². The lowest BCUT2D eigenvalue weighted by Gasteiger charge is -2.18. The van der Waals surface area contributed by atoms with E-state index < -0.39 is 6.10 Å². The number of aliphatic hydroxyl groups excluding tert-OH is 1. The van der Waals surface area contributed by atoms with Gasteiger partial charge in [-0.2, -0.15) is 5.26 Å². The Kier molecular flexibility index (Phi) is 7.02. The first kappa shape index (κ1) is 24.4. The Hall–Kier alpha value is -3.30. The minimum Gasteiger partial charge on any atom is -0.391 e. The zero-order valence-corrected chi connectivity index (χ0v) is 20.7. The number of aromatic nitrogens is 3. The van der Waals surface area contributed by atoms with Crippen molar-refractivity contribution < 1.29 is 9.90 Å². The van der Waals surface area contributed by atoms with Crippen molar-refractivity contribution in [3.8, 4) is 6.07 Å². The Morgan fingerprint density at radius 3 is 2.97 bits per heavy atom. The smallest absolute Gasteiger partial charge is 0.250 e. The molecule has 3 aromatic rings. The quantitative estimate of drug-likeness (QED) is 0.427. The molecule has 3 N–H and O–H groups in total. The van der Waals surface area contributed by atoms with Gasteiger partial charge in [0, 0.05) is 58.0 Å². The second-order valence-corrected chi connectivity index (χ2v) is 10.2. The summed E-state index contributed by atoms with van der Waals surface area (Å²) >= 11 is 1.49. The van der Waals surface area contributed by atoms with Crippen molar-refractivity contribution >= 4 is 34.5 Å². The van der Waals surface area contributed by atoms with Crippen molar-refractivity contribution in [3.05, 3.63) is 57.6 Å². The van der Waals surface area contributed by atoms with Crippen molar-refractivity contribution in [3.63, 3.8) is 0 Å². The Morgan fingerprint density at radius 2 is 2.14 bits per heavy atom. The maximum Gasteiger partial charge on any atom is 0.250 e. The van der Waals surface area contributed by atoms with Crippen LogP contribution >= 0.6 is 11.8 Å². The molecule has 36 heavy (non-hydrogen) atoms. The summed E-state index contributed by atoms with van der Waals surface area (Å²) in [5.74, 6) is 1.05. The number of fused-ring (bicyclic) bond motifs is 2. The summed E-state index contributed by atoms with van der Waals surface area (Å²) < 4.78 is 1.54. The zero-order valence-electron chi connectivity index (χ0n) is 19.9. The summed E-state index contributed by atoms with van der Waals surface area (Å²) in [6.45, 7) is 3.11. The average Bonchev–Trinajstić information content (AvgIpc) is 3.23. The molecule has 2 atom stereocenters. The molecule has 0 saturated carbocycles. The van der Waals surface area contributed by atoms with Gasteiger partial charge in [0.1, 0.15) is 11.9 Å². The largest absolute Gasteiger partial charge is 0.391 e. The third kappa shape index (κ3) is 4.99. The fourth-order valence-corrected chi connectivity index (χ4v) is 5.61. The molecule has 2 aliphatic rings. The highest BCUT2D eigenvalue weighted by atomic mass is 32.2. The first-order valence-electron chi connectivity index (χ1n) is 11.8. The van der Waals surface area contributed by atoms with Crippen molar-refractivity contribution in [2.45, 2.75) is 24.0 Å². The molecule has 0 aliphatic carbocycles. The van der Waals surface area contributed by atoms with E-state index in [4.69, 9.17) is 0 Å². The van der Waals surface area contributed by atoms with Crippen LogP contribution in [0.1, 0.15) is 16.8 Å². The molecule has 1 amide bonds. The summed E-state index contributed by atoms with van der Waals surface area (Å²) in [6.07, 6.45) is 1.68. The maximum absolute atomic E-state index is 12.2. The summed E-state index contributed by atoms with van der Waals surface area (Å²) in [7, 11) is 1.70. The molecule has 0 bridgehead atoms. The summed E-state index contributed by atoms with van der Waals surface area (Å²) in [6, 6.07) is 9.30. The van der Waals surface area contributed by atoms with E-state index in [2.05, 4.69) is 31.6 Å². The Morgan fingerprint density at radius 1 is 1.28 bits per heavy atom. The molecule has 1 saturated heterocycles. The van der Waals surface area contributed by atoms with Crippen LogP contribution in [0, 0.1) is 17.2 Å². The molecule has 0 radical (unpaired) electrons. The van der Waals surface area contributed by atoms with E-state index in [1.165, 1.54) is 17.8 Å². The van der Waals surface area contributed by atoms with Crippen molar-refractivity contribution in [1.82, 2.24) is 24.8 Å². The second kappa shape index (κ2) is 10.4. The Bertz CT molecular complexity index is 1420. The first-order valence-corrected chi connectivity index (χ1v) is 12.8. The first-order chi connectivity index (χ1) is 17.4. The molecule has 2 aliphatic heterocycles. The number of thioether (sulfide) groups is 1. The van der Waals surface area contributed by atoms with Gasteiger partial charge >= 0.3 is 0 Å². The number of hydrogen-bond acceptors (Lipinski definition) is 9. The van der Waals surface area contributed by atoms with Gasteiger partial charge in [-0.1, -0.05) is 0 Å². The maximum atomic E-state index is 12.2. The molecule has 11 heteroatoms. The number of carbonyl (C=O) groups excluding carboxylic acids is 1. The number of likely N-dealkylation sites (tertiary alicyclic amines) is 1.